The Morgan fingerprint density at radius 1 is 1.21 bits per heavy atom. The molecule has 0 aliphatic carbocycles. The molecule has 0 bridgehead atoms. The highest BCUT2D eigenvalue weighted by Gasteiger charge is 2.29. The molecule has 4 aromatic rings. The van der Waals surface area contributed by atoms with Gasteiger partial charge in [-0.1, -0.05) is 12.1 Å². The molecule has 3 heterocycles. The van der Waals surface area contributed by atoms with Crippen molar-refractivity contribution in [3.63, 3.8) is 0 Å². The molecule has 0 radical (unpaired) electrons. The van der Waals surface area contributed by atoms with Crippen LogP contribution in [-0.2, 0) is 4.57 Å². The number of thiazole rings is 1. The first kappa shape index (κ1) is 18.6. The maximum Gasteiger partial charge on any atom is 0.347 e. The Morgan fingerprint density at radius 2 is 1.97 bits per heavy atom. The summed E-state index contributed by atoms with van der Waals surface area (Å²) in [5.41, 5.74) is 1.83. The Hall–Kier alpha value is -2.47. The van der Waals surface area contributed by atoms with Crippen molar-refractivity contribution in [1.82, 2.24) is 4.98 Å². The zero-order valence-corrected chi connectivity index (χ0v) is 17.7. The predicted molar refractivity (Wildman–Crippen MR) is 118 cm³/mol. The van der Waals surface area contributed by atoms with Gasteiger partial charge in [-0.25, -0.2) is 9.78 Å². The van der Waals surface area contributed by atoms with Gasteiger partial charge in [0.1, 0.15) is 23.3 Å². The second kappa shape index (κ2) is 6.52. The topological polar surface area (TPSA) is 83.6 Å². The lowest BCUT2D eigenvalue weighted by Crippen LogP contribution is -2.50. The molecule has 1 aliphatic rings. The molecule has 29 heavy (non-hydrogen) atoms. The van der Waals surface area contributed by atoms with Gasteiger partial charge in [0, 0.05) is 35.5 Å². The minimum absolute atomic E-state index is 0.291. The zero-order valence-electron chi connectivity index (χ0n) is 16.0. The number of hydrogen-bond acceptors (Lipinski definition) is 7. The Labute approximate surface area is 170 Å². The number of β-amino-alcohol motifs (C(OH)–C–C–N with tert-alkyl or cyclic N) is 1. The highest BCUT2D eigenvalue weighted by molar-refractivity contribution is 7.71. The third-order valence-corrected chi connectivity index (χ3v) is 7.73. The highest BCUT2D eigenvalue weighted by atomic mass is 32.1. The average Bonchev–Trinajstić information content (AvgIpc) is 3.06. The van der Waals surface area contributed by atoms with E-state index >= 15 is 0 Å². The fourth-order valence-electron chi connectivity index (χ4n) is 3.76. The van der Waals surface area contributed by atoms with Crippen LogP contribution in [0.5, 0.6) is 0 Å². The normalized spacial score (nSPS) is 15.2. The molecule has 2 aromatic heterocycles. The average molecular weight is 426 g/mol. The maximum absolute atomic E-state index is 13.3. The number of aromatic nitrogens is 1. The molecule has 1 fully saturated rings. The molecular weight excluding hydrogens is 407 g/mol. The van der Waals surface area contributed by atoms with E-state index in [2.05, 4.69) is 4.98 Å². The van der Waals surface area contributed by atoms with Crippen LogP contribution in [-0.4, -0.2) is 42.6 Å². The third-order valence-electron chi connectivity index (χ3n) is 5.14. The number of anilines is 1. The first-order valence-electron chi connectivity index (χ1n) is 9.26. The molecule has 6 nitrogen and oxygen atoms in total. The molecule has 5 rings (SSSR count). The predicted octanol–water partition coefficient (Wildman–Crippen LogP) is 3.50. The van der Waals surface area contributed by atoms with E-state index in [4.69, 9.17) is 4.42 Å². The Bertz CT molecular complexity index is 1330. The second-order valence-corrected chi connectivity index (χ2v) is 11.9. The van der Waals surface area contributed by atoms with Crippen LogP contribution in [0.2, 0.25) is 0 Å². The number of para-hydroxylation sites is 1. The molecule has 8 heteroatoms. The molecule has 0 unspecified atom stereocenters. The summed E-state index contributed by atoms with van der Waals surface area (Å²) in [6, 6.07) is 13.2. The Kier molecular flexibility index (Phi) is 4.17. The van der Waals surface area contributed by atoms with Crippen LogP contribution >= 0.6 is 18.5 Å². The van der Waals surface area contributed by atoms with Gasteiger partial charge in [-0.05, 0) is 37.6 Å². The molecule has 2 aromatic carbocycles. The summed E-state index contributed by atoms with van der Waals surface area (Å²) in [7, 11) is -2.83. The summed E-state index contributed by atoms with van der Waals surface area (Å²) in [6.07, 6.45) is -0.332. The Balaban J connectivity index is 1.77. The monoisotopic (exact) mass is 426 g/mol. The van der Waals surface area contributed by atoms with E-state index in [-0.39, 0.29) is 6.10 Å². The van der Waals surface area contributed by atoms with E-state index in [1.165, 1.54) is 11.3 Å². The number of benzene rings is 2. The van der Waals surface area contributed by atoms with Crippen molar-refractivity contribution in [2.24, 2.45) is 0 Å². The summed E-state index contributed by atoms with van der Waals surface area (Å²) in [4.78, 5) is 19.6. The van der Waals surface area contributed by atoms with Gasteiger partial charge < -0.3 is 19.0 Å². The van der Waals surface area contributed by atoms with Gasteiger partial charge >= 0.3 is 5.63 Å². The lowest BCUT2D eigenvalue weighted by atomic mass is 10.1. The highest BCUT2D eigenvalue weighted by Crippen LogP contribution is 2.42. The van der Waals surface area contributed by atoms with Gasteiger partial charge in [-0.2, -0.15) is 0 Å². The van der Waals surface area contributed by atoms with Crippen molar-refractivity contribution in [3.05, 3.63) is 52.9 Å². The van der Waals surface area contributed by atoms with Gasteiger partial charge in [-0.3, -0.25) is 0 Å². The van der Waals surface area contributed by atoms with E-state index < -0.39 is 12.8 Å². The molecular formula is C21H19N2O4PS. The number of fused-ring (bicyclic) bond motifs is 2. The van der Waals surface area contributed by atoms with E-state index in [1.54, 1.807) is 19.4 Å². The molecule has 148 valence electrons. The number of rotatable bonds is 3. The van der Waals surface area contributed by atoms with Gasteiger partial charge in [0.15, 0.2) is 0 Å². The molecule has 0 spiro atoms. The fraction of sp³-hybridized carbons (Fsp3) is 0.238. The minimum Gasteiger partial charge on any atom is -0.422 e. The molecule has 0 atom stereocenters. The van der Waals surface area contributed by atoms with Crippen molar-refractivity contribution in [1.29, 1.82) is 0 Å². The van der Waals surface area contributed by atoms with Gasteiger partial charge in [0.2, 0.25) is 0 Å². The van der Waals surface area contributed by atoms with Crippen molar-refractivity contribution in [3.8, 4) is 10.6 Å². The van der Waals surface area contributed by atoms with Crippen molar-refractivity contribution in [2.45, 2.75) is 6.10 Å². The molecule has 0 saturated carbocycles. The molecule has 1 aliphatic heterocycles. The summed E-state index contributed by atoms with van der Waals surface area (Å²) >= 11 is 1.40. The number of aliphatic hydroxyl groups is 1. The van der Waals surface area contributed by atoms with Crippen LogP contribution in [0.3, 0.4) is 0 Å². The van der Waals surface area contributed by atoms with E-state index in [9.17, 15) is 14.5 Å². The van der Waals surface area contributed by atoms with Crippen LogP contribution in [0.25, 0.3) is 31.8 Å². The quantitative estimate of drug-likeness (QED) is 0.399. The molecule has 1 saturated heterocycles. The van der Waals surface area contributed by atoms with Crippen LogP contribution in [0.15, 0.2) is 51.7 Å². The first-order valence-corrected chi connectivity index (χ1v) is 12.7. The second-order valence-electron chi connectivity index (χ2n) is 7.69. The Morgan fingerprint density at radius 3 is 2.66 bits per heavy atom. The van der Waals surface area contributed by atoms with Gasteiger partial charge in [0.05, 0.1) is 16.3 Å². The summed E-state index contributed by atoms with van der Waals surface area (Å²) in [6.45, 7) is 4.42. The largest absolute Gasteiger partial charge is 0.422 e. The number of nitrogens with zero attached hydrogens (tertiary/aromatic N) is 2. The number of hydrogen-bond donors (Lipinski definition) is 1. The SMILES string of the molecule is CP(C)(=O)c1c(-c2nc3ccccc3s2)c(=O)oc2cc(N3CC(O)C3)ccc12. The van der Waals surface area contributed by atoms with E-state index in [0.29, 0.717) is 39.9 Å². The van der Waals surface area contributed by atoms with E-state index in [0.717, 1.165) is 15.9 Å². The first-order chi connectivity index (χ1) is 13.8. The lowest BCUT2D eigenvalue weighted by Gasteiger charge is -2.37. The standard InChI is InChI=1S/C21H19N2O4PS/c1-28(2,26)19-14-8-7-12(23-10-13(24)11-23)9-16(14)27-21(25)18(19)20-22-15-5-3-4-6-17(15)29-20/h3-9,13,24H,10-11H2,1-2H3. The van der Waals surface area contributed by atoms with Crippen LogP contribution < -0.4 is 15.8 Å². The smallest absolute Gasteiger partial charge is 0.347 e. The molecule has 1 N–H and O–H groups in total. The lowest BCUT2D eigenvalue weighted by molar-refractivity contribution is 0.142. The molecule has 0 amide bonds. The van der Waals surface area contributed by atoms with Crippen LogP contribution in [0, 0.1) is 0 Å². The minimum atomic E-state index is -2.83. The number of aliphatic hydroxyl groups excluding tert-OH is 1. The van der Waals surface area contributed by atoms with Gasteiger partial charge in [0.25, 0.3) is 0 Å². The maximum atomic E-state index is 13.3. The van der Waals surface area contributed by atoms with Crippen LogP contribution in [0.1, 0.15) is 0 Å². The van der Waals surface area contributed by atoms with E-state index in [1.807, 2.05) is 41.3 Å². The third kappa shape index (κ3) is 3.10. The summed E-state index contributed by atoms with van der Waals surface area (Å²) < 4.78 is 19.9. The van der Waals surface area contributed by atoms with Crippen molar-refractivity contribution >= 4 is 50.7 Å². The summed E-state index contributed by atoms with van der Waals surface area (Å²) in [5, 5.41) is 11.3. The zero-order chi connectivity index (χ0) is 20.3. The van der Waals surface area contributed by atoms with Crippen molar-refractivity contribution < 1.29 is 14.1 Å². The van der Waals surface area contributed by atoms with Crippen molar-refractivity contribution in [2.75, 3.05) is 31.3 Å². The van der Waals surface area contributed by atoms with Gasteiger partial charge in [-0.15, -0.1) is 11.3 Å². The fourth-order valence-corrected chi connectivity index (χ4v) is 6.34. The summed E-state index contributed by atoms with van der Waals surface area (Å²) in [5.74, 6) is 0. The van der Waals surface area contributed by atoms with Crippen LogP contribution in [0.4, 0.5) is 5.69 Å².